The normalized spacial score (nSPS) is 40.5. The van der Waals surface area contributed by atoms with Gasteiger partial charge in [0.15, 0.2) is 5.78 Å². The zero-order chi connectivity index (χ0) is 35.0. The molecule has 4 saturated carbocycles. The summed E-state index contributed by atoms with van der Waals surface area (Å²) < 4.78 is 6.15. The number of piperidine rings is 1. The van der Waals surface area contributed by atoms with Gasteiger partial charge >= 0.3 is 11.9 Å². The molecule has 9 unspecified atom stereocenters. The number of carbonyl (C=O) groups is 3. The minimum Gasteiger partial charge on any atom is -0.481 e. The Morgan fingerprint density at radius 1 is 0.917 bits per heavy atom. The highest BCUT2D eigenvalue weighted by Gasteiger charge is 2.67. The molecular weight excluding hydrogens is 602 g/mol. The molecule has 0 amide bonds. The van der Waals surface area contributed by atoms with Gasteiger partial charge in [0, 0.05) is 23.8 Å². The van der Waals surface area contributed by atoms with E-state index in [0.717, 1.165) is 70.0 Å². The Balaban J connectivity index is 1.26. The average molecular weight is 668 g/mol. The predicted octanol–water partition coefficient (Wildman–Crippen LogP) is 7.84. The van der Waals surface area contributed by atoms with E-state index in [1.165, 1.54) is 24.8 Å². The number of β-amino-alcohol motifs (C(OH)–C–C–N with tert-alkyl or cyclic N) is 1. The van der Waals surface area contributed by atoms with Crippen molar-refractivity contribution >= 4 is 17.7 Å². The third-order valence-electron chi connectivity index (χ3n) is 15.5. The number of hydrogen-bond donors (Lipinski definition) is 2. The molecular formula is C41H65NO6. The van der Waals surface area contributed by atoms with Gasteiger partial charge in [0.05, 0.1) is 17.9 Å². The quantitative estimate of drug-likeness (QED) is 0.254. The number of Topliss-reactive ketones (excluding diaryl/α,β-unsaturated/α-hetero) is 1. The van der Waals surface area contributed by atoms with Crippen molar-refractivity contribution in [3.05, 3.63) is 11.1 Å². The van der Waals surface area contributed by atoms with Gasteiger partial charge in [0.2, 0.25) is 0 Å². The maximum Gasteiger partial charge on any atom is 0.309 e. The van der Waals surface area contributed by atoms with Crippen LogP contribution in [0.2, 0.25) is 0 Å². The summed E-state index contributed by atoms with van der Waals surface area (Å²) in [5.74, 6) is 0.921. The van der Waals surface area contributed by atoms with E-state index in [1.54, 1.807) is 13.8 Å². The van der Waals surface area contributed by atoms with Crippen LogP contribution in [0, 0.1) is 56.7 Å². The SMILES string of the molecule is CC(C)C1=C2C3CCC4C(C)(CCC5C(C)(C)C(OC(=O)CC(C)(C)C(=O)O)CCC54C)C3CCC2(C(O)CN2CCCCC2)CC1=O. The van der Waals surface area contributed by atoms with Crippen LogP contribution < -0.4 is 0 Å². The first-order valence-corrected chi connectivity index (χ1v) is 19.5. The lowest BCUT2D eigenvalue weighted by Crippen LogP contribution is -2.63. The van der Waals surface area contributed by atoms with E-state index < -0.39 is 28.9 Å². The highest BCUT2D eigenvalue weighted by Crippen LogP contribution is 2.73. The van der Waals surface area contributed by atoms with Gasteiger partial charge in [-0.1, -0.05) is 53.5 Å². The van der Waals surface area contributed by atoms with E-state index in [1.807, 2.05) is 0 Å². The molecule has 270 valence electrons. The van der Waals surface area contributed by atoms with Gasteiger partial charge in [-0.15, -0.1) is 0 Å². The number of allylic oxidation sites excluding steroid dienone is 1. The average Bonchev–Trinajstić information content (AvgIpc) is 3.32. The fourth-order valence-corrected chi connectivity index (χ4v) is 13.2. The molecule has 5 aliphatic carbocycles. The van der Waals surface area contributed by atoms with Crippen LogP contribution in [0.4, 0.5) is 0 Å². The fraction of sp³-hybridized carbons (Fsp3) is 0.878. The van der Waals surface area contributed by atoms with Gasteiger partial charge in [-0.2, -0.15) is 0 Å². The third-order valence-corrected chi connectivity index (χ3v) is 15.5. The van der Waals surface area contributed by atoms with E-state index in [2.05, 4.69) is 46.4 Å². The predicted molar refractivity (Wildman–Crippen MR) is 187 cm³/mol. The van der Waals surface area contributed by atoms with Gasteiger partial charge in [0.25, 0.3) is 0 Å². The number of ether oxygens (including phenoxy) is 1. The second-order valence-electron chi connectivity index (χ2n) is 19.3. The molecule has 7 nitrogen and oxygen atoms in total. The highest BCUT2D eigenvalue weighted by atomic mass is 16.5. The van der Waals surface area contributed by atoms with Crippen LogP contribution in [0.15, 0.2) is 11.1 Å². The first-order chi connectivity index (χ1) is 22.4. The molecule has 9 atom stereocenters. The number of carboxylic acid groups (broad SMARTS) is 1. The molecule has 0 radical (unpaired) electrons. The summed E-state index contributed by atoms with van der Waals surface area (Å²) in [6, 6.07) is 0. The van der Waals surface area contributed by atoms with Crippen molar-refractivity contribution in [1.82, 2.24) is 4.90 Å². The maximum absolute atomic E-state index is 13.9. The molecule has 1 saturated heterocycles. The van der Waals surface area contributed by atoms with Gasteiger partial charge in [-0.3, -0.25) is 14.4 Å². The van der Waals surface area contributed by atoms with Gasteiger partial charge < -0.3 is 19.8 Å². The summed E-state index contributed by atoms with van der Waals surface area (Å²) in [5.41, 5.74) is 0.941. The monoisotopic (exact) mass is 667 g/mol. The molecule has 2 N–H and O–H groups in total. The van der Waals surface area contributed by atoms with Gasteiger partial charge in [0.1, 0.15) is 6.10 Å². The van der Waals surface area contributed by atoms with Crippen LogP contribution in [0.5, 0.6) is 0 Å². The second kappa shape index (κ2) is 12.5. The highest BCUT2D eigenvalue weighted by molar-refractivity contribution is 6.00. The Labute approximate surface area is 290 Å². The summed E-state index contributed by atoms with van der Waals surface area (Å²) in [6.45, 7) is 20.0. The summed E-state index contributed by atoms with van der Waals surface area (Å²) in [6.07, 6.45) is 11.6. The number of nitrogens with zero attached hydrogens (tertiary/aromatic N) is 1. The number of likely N-dealkylation sites (tertiary alicyclic amines) is 1. The molecule has 5 fully saturated rings. The summed E-state index contributed by atoms with van der Waals surface area (Å²) in [5, 5.41) is 21.7. The molecule has 48 heavy (non-hydrogen) atoms. The topological polar surface area (TPSA) is 104 Å². The van der Waals surface area contributed by atoms with Crippen molar-refractivity contribution in [1.29, 1.82) is 0 Å². The van der Waals surface area contributed by atoms with Crippen LogP contribution in [0.1, 0.15) is 139 Å². The Hall–Kier alpha value is -1.73. The molecule has 6 rings (SSSR count). The first kappa shape index (κ1) is 36.1. The number of rotatable bonds is 8. The fourth-order valence-electron chi connectivity index (χ4n) is 13.2. The molecule has 1 heterocycles. The summed E-state index contributed by atoms with van der Waals surface area (Å²) in [4.78, 5) is 41.1. The molecule has 0 spiro atoms. The maximum atomic E-state index is 13.9. The molecule has 6 aliphatic rings. The number of aliphatic hydroxyl groups excluding tert-OH is 1. The largest absolute Gasteiger partial charge is 0.481 e. The minimum atomic E-state index is -1.15. The Morgan fingerprint density at radius 2 is 1.58 bits per heavy atom. The van der Waals surface area contributed by atoms with Gasteiger partial charge in [-0.05, 0) is 137 Å². The van der Waals surface area contributed by atoms with E-state index in [0.29, 0.717) is 42.4 Å². The van der Waals surface area contributed by atoms with Crippen LogP contribution in [0.25, 0.3) is 0 Å². The van der Waals surface area contributed by atoms with Crippen LogP contribution in [-0.4, -0.2) is 64.7 Å². The Kier molecular flexibility index (Phi) is 9.39. The smallest absolute Gasteiger partial charge is 0.309 e. The van der Waals surface area contributed by atoms with E-state index in [9.17, 15) is 24.6 Å². The summed E-state index contributed by atoms with van der Waals surface area (Å²) in [7, 11) is 0. The van der Waals surface area contributed by atoms with E-state index >= 15 is 0 Å². The standard InChI is InChI=1S/C41H65NO6/c1-25(2)34-28(43)22-41(31(44)24-42-20-10-9-11-21-42)19-14-27-26(35(34)41)12-13-30-39(27,7)17-15-29-38(5,6)32(16-18-40(29,30)8)48-33(45)23-37(3,4)36(46)47/h25-27,29-32,44H,9-24H2,1-8H3,(H,46,47). The van der Waals surface area contributed by atoms with E-state index in [-0.39, 0.29) is 34.7 Å². The van der Waals surface area contributed by atoms with Crippen molar-refractivity contribution in [2.24, 2.45) is 56.7 Å². The number of aliphatic carboxylic acids is 1. The lowest BCUT2D eigenvalue weighted by atomic mass is 9.36. The van der Waals surface area contributed by atoms with Crippen molar-refractivity contribution in [3.63, 3.8) is 0 Å². The van der Waals surface area contributed by atoms with Crippen LogP contribution >= 0.6 is 0 Å². The Bertz CT molecular complexity index is 1330. The number of aliphatic hydroxyl groups is 1. The third kappa shape index (κ3) is 5.64. The van der Waals surface area contributed by atoms with Crippen molar-refractivity contribution in [3.8, 4) is 0 Å². The Morgan fingerprint density at radius 3 is 2.23 bits per heavy atom. The van der Waals surface area contributed by atoms with Crippen molar-refractivity contribution in [2.75, 3.05) is 19.6 Å². The number of fused-ring (bicyclic) bond motifs is 7. The zero-order valence-electron chi connectivity index (χ0n) is 31.3. The van der Waals surface area contributed by atoms with Crippen molar-refractivity contribution in [2.45, 2.75) is 151 Å². The molecule has 0 aromatic carbocycles. The van der Waals surface area contributed by atoms with Crippen LogP contribution in [-0.2, 0) is 19.1 Å². The number of ketones is 1. The summed E-state index contributed by atoms with van der Waals surface area (Å²) >= 11 is 0. The van der Waals surface area contributed by atoms with Gasteiger partial charge in [-0.25, -0.2) is 0 Å². The number of carboxylic acids is 1. The number of hydrogen-bond acceptors (Lipinski definition) is 6. The second-order valence-corrected chi connectivity index (χ2v) is 19.3. The lowest BCUT2D eigenvalue weighted by molar-refractivity contribution is -0.214. The molecule has 0 aromatic heterocycles. The number of esters is 1. The van der Waals surface area contributed by atoms with Crippen LogP contribution in [0.3, 0.4) is 0 Å². The molecule has 7 heteroatoms. The molecule has 0 bridgehead atoms. The number of carbonyl (C=O) groups excluding carboxylic acids is 2. The first-order valence-electron chi connectivity index (χ1n) is 19.5. The lowest BCUT2D eigenvalue weighted by Gasteiger charge is -2.69. The zero-order valence-corrected chi connectivity index (χ0v) is 31.3. The molecule has 1 aliphatic heterocycles. The van der Waals surface area contributed by atoms with Crippen molar-refractivity contribution < 1.29 is 29.3 Å². The minimum absolute atomic E-state index is 0.119. The molecule has 0 aromatic rings. The van der Waals surface area contributed by atoms with E-state index in [4.69, 9.17) is 4.74 Å².